The van der Waals surface area contributed by atoms with Gasteiger partial charge in [-0.3, -0.25) is 0 Å². The maximum Gasteiger partial charge on any atom is 0.214 e. The molecule has 0 radical (unpaired) electrons. The summed E-state index contributed by atoms with van der Waals surface area (Å²) >= 11 is 0. The lowest BCUT2D eigenvalue weighted by atomic mass is 9.88. The Morgan fingerprint density at radius 3 is 1.00 bits per heavy atom. The van der Waals surface area contributed by atoms with Gasteiger partial charge in [0, 0.05) is 131 Å². The van der Waals surface area contributed by atoms with E-state index in [0.717, 1.165) is 79.4 Å². The first-order valence-electron chi connectivity index (χ1n) is 47.7. The maximum absolute atomic E-state index is 6.55. The van der Waals surface area contributed by atoms with Crippen LogP contribution >= 0.6 is 0 Å². The van der Waals surface area contributed by atoms with E-state index < -0.39 is 0 Å². The Morgan fingerprint density at radius 2 is 0.529 bits per heavy atom. The number of fused-ring (bicyclic) bond motifs is 38. The van der Waals surface area contributed by atoms with Crippen LogP contribution in [0.2, 0.25) is 0 Å². The molecule has 0 saturated carbocycles. The summed E-state index contributed by atoms with van der Waals surface area (Å²) in [6.07, 6.45) is 7.81. The number of rotatable bonds is 5. The standard InChI is InChI=1S/2C35H22NO.C35H24N.C24H18NO/c1-3-10-25-21(8-1)18-23-20-31-28(17-16-24-19-22-9-2-5-14-30(22)36(24)31)33(23)34(25)29-13-7-12-27-26-11-4-6-15-32(26)37-35(27)29;1-3-9-26-21(7-1)17-24-20-31-28(15-14-25-18-22-8-2-5-11-30(22)36(25)31)35(24)34(26)23-13-16-33-29(19-23)27-10-4-6-12-32(27)37-33;1-2-8-23(9-3-1)24-14-16-25(17-15-24)34-30-12-6-4-10-26(30)20-28-22-33-31(35(28)34)19-18-29-21-27-11-5-7-13-32(27)36(29)33;1-26-24-19-8-4-2-6-15(19)12-17-14-22-20(23(17)24)11-10-18-13-16-7-3-5-9-21(16)25(18)22/h1-18H,19-20H2;1-17,19H,18,20H2;1-20H,21-22H2;2-12H,13-14H2,1H3/q4*+1. The van der Waals surface area contributed by atoms with Crippen molar-refractivity contribution in [1.82, 2.24) is 0 Å². The van der Waals surface area contributed by atoms with Gasteiger partial charge < -0.3 is 13.6 Å². The van der Waals surface area contributed by atoms with Crippen LogP contribution in [0.15, 0.2) is 415 Å². The van der Waals surface area contributed by atoms with Crippen molar-refractivity contribution >= 4 is 87.0 Å². The third kappa shape index (κ3) is 11.6. The minimum absolute atomic E-state index is 0.931. The molecule has 4 aliphatic carbocycles. The Morgan fingerprint density at radius 1 is 0.199 bits per heavy atom. The Labute approximate surface area is 785 Å². The minimum atomic E-state index is 0.931. The zero-order chi connectivity index (χ0) is 89.1. The first kappa shape index (κ1) is 76.7. The molecular formula is C129H86N4O3+4. The topological polar surface area (TPSA) is 51.0 Å². The zero-order valence-corrected chi connectivity index (χ0v) is 74.9. The lowest BCUT2D eigenvalue weighted by molar-refractivity contribution is -0.605. The van der Waals surface area contributed by atoms with E-state index in [2.05, 4.69) is 413 Å². The number of ether oxygens (including phenoxy) is 1. The molecule has 18 aromatic carbocycles. The van der Waals surface area contributed by atoms with Gasteiger partial charge in [-0.25, -0.2) is 0 Å². The van der Waals surface area contributed by atoms with Crippen molar-refractivity contribution < 1.29 is 31.8 Å². The third-order valence-electron chi connectivity index (χ3n) is 30.5. The van der Waals surface area contributed by atoms with Gasteiger partial charge in [-0.15, -0.1) is 0 Å². The minimum Gasteiger partial charge on any atom is -0.495 e. The van der Waals surface area contributed by atoms with Crippen LogP contribution in [0.1, 0.15) is 90.1 Å². The van der Waals surface area contributed by atoms with Crippen LogP contribution in [0, 0.1) is 0 Å². The predicted molar refractivity (Wildman–Crippen MR) is 549 cm³/mol. The van der Waals surface area contributed by atoms with E-state index >= 15 is 0 Å². The molecule has 0 N–H and O–H groups in total. The van der Waals surface area contributed by atoms with E-state index in [1.54, 1.807) is 7.11 Å². The largest absolute Gasteiger partial charge is 0.495 e. The number of benzene rings is 18. The Bertz CT molecular complexity index is 9340. The predicted octanol–water partition coefficient (Wildman–Crippen LogP) is 28.8. The fourth-order valence-electron chi connectivity index (χ4n) is 24.7. The smallest absolute Gasteiger partial charge is 0.214 e. The number of furan rings is 2. The van der Waals surface area contributed by atoms with Crippen LogP contribution in [0.3, 0.4) is 0 Å². The summed E-state index contributed by atoms with van der Waals surface area (Å²) in [5.74, 6) is 1.00. The summed E-state index contributed by atoms with van der Waals surface area (Å²) in [6.45, 7) is 0. The molecule has 8 aliphatic rings. The van der Waals surface area contributed by atoms with Gasteiger partial charge in [-0.2, -0.15) is 18.3 Å². The second-order valence-corrected chi connectivity index (χ2v) is 37.7. The van der Waals surface area contributed by atoms with Crippen molar-refractivity contribution in [2.75, 3.05) is 7.11 Å². The normalized spacial score (nSPS) is 13.1. The molecule has 10 heterocycles. The Hall–Kier alpha value is -17.0. The van der Waals surface area contributed by atoms with Crippen molar-refractivity contribution in [3.8, 4) is 118 Å². The molecule has 24 aromatic rings. The van der Waals surface area contributed by atoms with Crippen LogP contribution < -0.4 is 23.0 Å². The second-order valence-electron chi connectivity index (χ2n) is 37.7. The fourth-order valence-corrected chi connectivity index (χ4v) is 24.7. The van der Waals surface area contributed by atoms with Gasteiger partial charge in [0.1, 0.15) is 28.1 Å². The molecule has 7 heteroatoms. The lowest BCUT2D eigenvalue weighted by Crippen LogP contribution is -2.36. The molecule has 136 heavy (non-hydrogen) atoms. The number of para-hydroxylation sites is 7. The first-order chi connectivity index (χ1) is 67.4. The molecule has 0 amide bonds. The van der Waals surface area contributed by atoms with Gasteiger partial charge in [0.2, 0.25) is 22.7 Å². The SMILES string of the molecule is COc1c2c(cc3ccccc13)Cc1c-2ccc2[n+]1-c1ccccc1C2.c1ccc(-c2ccc(-c3c4c(cc5ccccc35)Cc3c-4ccc4[n+]3-c3ccccc3C4)cc2)cc1.c1ccc2c(c1)Cc1ccc3c([n+]1-2)Cc1cc2ccccc2c(-c2ccc4oc5ccccc5c4c2)c1-3.c1ccc2c(c1)Cc1ccc3c([n+]1-2)Cc1cc2ccccc2c(-c2cccc4c2oc2ccccc24)c1-3. The van der Waals surface area contributed by atoms with E-state index in [4.69, 9.17) is 13.6 Å². The number of methoxy groups -OCH3 is 1. The van der Waals surface area contributed by atoms with Gasteiger partial charge in [0.25, 0.3) is 0 Å². The van der Waals surface area contributed by atoms with Gasteiger partial charge >= 0.3 is 0 Å². The average Bonchev–Trinajstić information content (AvgIpc) is 1.56. The second kappa shape index (κ2) is 30.0. The Balaban J connectivity index is 0.0000000886. The summed E-state index contributed by atoms with van der Waals surface area (Å²) in [6, 6.07) is 148. The van der Waals surface area contributed by atoms with Gasteiger partial charge in [0.15, 0.2) is 45.6 Å². The highest BCUT2D eigenvalue weighted by Gasteiger charge is 2.44. The molecule has 0 fully saturated rings. The van der Waals surface area contributed by atoms with Crippen molar-refractivity contribution in [1.29, 1.82) is 0 Å². The molecule has 4 aliphatic heterocycles. The summed E-state index contributed by atoms with van der Waals surface area (Å²) in [4.78, 5) is 0. The number of nitrogens with zero attached hydrogens (tertiary/aromatic N) is 4. The molecule has 7 nitrogen and oxygen atoms in total. The van der Waals surface area contributed by atoms with E-state index in [1.807, 2.05) is 12.1 Å². The highest BCUT2D eigenvalue weighted by molar-refractivity contribution is 6.17. The summed E-state index contributed by atoms with van der Waals surface area (Å²) in [7, 11) is 1.79. The average molecular weight is 1740 g/mol. The number of aromatic nitrogens is 4. The highest BCUT2D eigenvalue weighted by Crippen LogP contribution is 2.54. The summed E-state index contributed by atoms with van der Waals surface area (Å²) in [5.41, 5.74) is 52.4. The maximum atomic E-state index is 6.55. The highest BCUT2D eigenvalue weighted by atomic mass is 16.5. The molecule has 32 rings (SSSR count). The molecule has 0 bridgehead atoms. The van der Waals surface area contributed by atoms with Crippen LogP contribution in [0.5, 0.6) is 5.75 Å². The number of pyridine rings is 4. The summed E-state index contributed by atoms with van der Waals surface area (Å²) < 4.78 is 28.6. The molecule has 636 valence electrons. The van der Waals surface area contributed by atoms with Crippen LogP contribution in [-0.4, -0.2) is 7.11 Å². The molecule has 0 spiro atoms. The van der Waals surface area contributed by atoms with Crippen molar-refractivity contribution in [3.05, 3.63) is 497 Å². The van der Waals surface area contributed by atoms with E-state index in [-0.39, 0.29) is 0 Å². The number of hydrogen-bond acceptors (Lipinski definition) is 3. The summed E-state index contributed by atoms with van der Waals surface area (Å²) in [5, 5.41) is 14.9. The Kier molecular flexibility index (Phi) is 16.9. The van der Waals surface area contributed by atoms with Gasteiger partial charge in [0.05, 0.1) is 80.7 Å². The number of hydrogen-bond donors (Lipinski definition) is 0. The van der Waals surface area contributed by atoms with Crippen LogP contribution in [-0.2, 0) is 51.4 Å². The third-order valence-corrected chi connectivity index (χ3v) is 30.5. The van der Waals surface area contributed by atoms with E-state index in [0.29, 0.717) is 0 Å². The van der Waals surface area contributed by atoms with E-state index in [9.17, 15) is 0 Å². The quantitative estimate of drug-likeness (QED) is 0.161. The molecule has 0 unspecified atom stereocenters. The lowest BCUT2D eigenvalue weighted by Gasteiger charge is -2.14. The van der Waals surface area contributed by atoms with Crippen LogP contribution in [0.25, 0.3) is 199 Å². The van der Waals surface area contributed by atoms with Gasteiger partial charge in [-0.05, 0) is 166 Å². The van der Waals surface area contributed by atoms with Crippen molar-refractivity contribution in [3.63, 3.8) is 0 Å². The fraction of sp³-hybridized carbons (Fsp3) is 0.0698. The van der Waals surface area contributed by atoms with Crippen LogP contribution in [0.4, 0.5) is 0 Å². The zero-order valence-electron chi connectivity index (χ0n) is 74.9. The molecular weight excluding hydrogens is 1650 g/mol. The van der Waals surface area contributed by atoms with Crippen molar-refractivity contribution in [2.45, 2.75) is 51.4 Å². The van der Waals surface area contributed by atoms with Gasteiger partial charge in [-0.1, -0.05) is 285 Å². The van der Waals surface area contributed by atoms with E-state index in [1.165, 1.54) is 266 Å². The first-order valence-corrected chi connectivity index (χ1v) is 47.7. The molecule has 6 aromatic heterocycles. The van der Waals surface area contributed by atoms with Crippen molar-refractivity contribution in [2.24, 2.45) is 0 Å². The molecule has 0 atom stereocenters. The monoisotopic (exact) mass is 1740 g/mol. The molecule has 0 saturated heterocycles.